The van der Waals surface area contributed by atoms with Crippen LogP contribution in [0.5, 0.6) is 0 Å². The van der Waals surface area contributed by atoms with Crippen molar-refractivity contribution in [3.05, 3.63) is 68.3 Å². The maximum Gasteiger partial charge on any atom is 0.269 e. The van der Waals surface area contributed by atoms with Crippen LogP contribution >= 0.6 is 0 Å². The molecule has 0 atom stereocenters. The zero-order valence-corrected chi connectivity index (χ0v) is 13.1. The van der Waals surface area contributed by atoms with E-state index in [1.165, 1.54) is 12.1 Å². The number of nitrogens with zero attached hydrogens (tertiary/aromatic N) is 1. The number of benzene rings is 2. The molecule has 0 heterocycles. The molecular weight excluding hydrogens is 280 g/mol. The first-order valence-electron chi connectivity index (χ1n) is 6.94. The predicted molar refractivity (Wildman–Crippen MR) is 86.4 cm³/mol. The van der Waals surface area contributed by atoms with Gasteiger partial charge in [-0.3, -0.25) is 14.9 Å². The lowest BCUT2D eigenvalue weighted by molar-refractivity contribution is -0.384. The Kier molecular flexibility index (Phi) is 4.26. The zero-order chi connectivity index (χ0) is 16.4. The number of aryl methyl sites for hydroxylation is 4. The van der Waals surface area contributed by atoms with E-state index in [1.807, 2.05) is 32.9 Å². The summed E-state index contributed by atoms with van der Waals surface area (Å²) in [5, 5.41) is 13.6. The first-order valence-corrected chi connectivity index (χ1v) is 6.94. The Hall–Kier alpha value is -2.69. The summed E-state index contributed by atoms with van der Waals surface area (Å²) in [6.07, 6.45) is 0. The molecule has 0 bridgehead atoms. The molecule has 1 N–H and O–H groups in total. The molecule has 5 nitrogen and oxygen atoms in total. The molecular formula is C17H18N2O3. The number of amides is 1. The molecule has 0 aliphatic rings. The van der Waals surface area contributed by atoms with Crippen molar-refractivity contribution in [3.63, 3.8) is 0 Å². The van der Waals surface area contributed by atoms with Gasteiger partial charge in [0.2, 0.25) is 0 Å². The molecule has 0 fully saturated rings. The van der Waals surface area contributed by atoms with E-state index >= 15 is 0 Å². The predicted octanol–water partition coefficient (Wildman–Crippen LogP) is 4.08. The second-order valence-electron chi connectivity index (χ2n) is 5.48. The molecule has 2 rings (SSSR count). The van der Waals surface area contributed by atoms with E-state index in [0.29, 0.717) is 16.8 Å². The van der Waals surface area contributed by atoms with E-state index < -0.39 is 4.92 Å². The summed E-state index contributed by atoms with van der Waals surface area (Å²) in [7, 11) is 0. The Labute approximate surface area is 129 Å². The number of hydrogen-bond acceptors (Lipinski definition) is 3. The summed E-state index contributed by atoms with van der Waals surface area (Å²) in [6, 6.07) is 8.32. The van der Waals surface area contributed by atoms with Crippen LogP contribution in [-0.4, -0.2) is 10.8 Å². The van der Waals surface area contributed by atoms with Crippen molar-refractivity contribution in [2.45, 2.75) is 27.7 Å². The first-order chi connectivity index (χ1) is 10.3. The van der Waals surface area contributed by atoms with Crippen molar-refractivity contribution >= 4 is 17.3 Å². The van der Waals surface area contributed by atoms with Gasteiger partial charge in [-0.2, -0.15) is 0 Å². The average Bonchev–Trinajstić information content (AvgIpc) is 2.39. The van der Waals surface area contributed by atoms with Crippen LogP contribution in [0, 0.1) is 37.8 Å². The summed E-state index contributed by atoms with van der Waals surface area (Å²) in [5.74, 6) is -0.202. The standard InChI is InChI=1S/C17H18N2O3/c1-10-7-12(3)16(13(4)8-10)17(20)18-15-6-5-14(19(21)22)9-11(15)2/h5-9H,1-4H3,(H,18,20). The van der Waals surface area contributed by atoms with Gasteiger partial charge in [0.05, 0.1) is 4.92 Å². The largest absolute Gasteiger partial charge is 0.322 e. The van der Waals surface area contributed by atoms with Gasteiger partial charge in [0.1, 0.15) is 0 Å². The third-order valence-corrected chi connectivity index (χ3v) is 3.57. The highest BCUT2D eigenvalue weighted by atomic mass is 16.6. The second-order valence-corrected chi connectivity index (χ2v) is 5.48. The van der Waals surface area contributed by atoms with Crippen LogP contribution < -0.4 is 5.32 Å². The van der Waals surface area contributed by atoms with Crippen molar-refractivity contribution < 1.29 is 9.72 Å². The van der Waals surface area contributed by atoms with Crippen molar-refractivity contribution in [2.75, 3.05) is 5.32 Å². The van der Waals surface area contributed by atoms with E-state index in [9.17, 15) is 14.9 Å². The highest BCUT2D eigenvalue weighted by molar-refractivity contribution is 6.06. The average molecular weight is 298 g/mol. The van der Waals surface area contributed by atoms with E-state index in [2.05, 4.69) is 5.32 Å². The van der Waals surface area contributed by atoms with Gasteiger partial charge in [-0.1, -0.05) is 17.7 Å². The van der Waals surface area contributed by atoms with E-state index in [-0.39, 0.29) is 11.6 Å². The van der Waals surface area contributed by atoms with Gasteiger partial charge >= 0.3 is 0 Å². The number of nitro benzene ring substituents is 1. The molecule has 0 spiro atoms. The number of carbonyl (C=O) groups excluding carboxylic acids is 1. The smallest absolute Gasteiger partial charge is 0.269 e. The Morgan fingerprint density at radius 3 is 2.09 bits per heavy atom. The fraction of sp³-hybridized carbons (Fsp3) is 0.235. The van der Waals surface area contributed by atoms with Crippen LogP contribution in [-0.2, 0) is 0 Å². The van der Waals surface area contributed by atoms with Gasteiger partial charge in [0.25, 0.3) is 11.6 Å². The van der Waals surface area contributed by atoms with Crippen molar-refractivity contribution in [1.29, 1.82) is 0 Å². The lowest BCUT2D eigenvalue weighted by Gasteiger charge is -2.13. The van der Waals surface area contributed by atoms with Gasteiger partial charge in [-0.15, -0.1) is 0 Å². The fourth-order valence-electron chi connectivity index (χ4n) is 2.62. The number of anilines is 1. The van der Waals surface area contributed by atoms with Crippen molar-refractivity contribution in [3.8, 4) is 0 Å². The van der Waals surface area contributed by atoms with Gasteiger partial charge in [0, 0.05) is 23.4 Å². The Morgan fingerprint density at radius 1 is 1.00 bits per heavy atom. The molecule has 0 aromatic heterocycles. The molecule has 0 saturated carbocycles. The topological polar surface area (TPSA) is 72.2 Å². The van der Waals surface area contributed by atoms with Crippen molar-refractivity contribution in [1.82, 2.24) is 0 Å². The van der Waals surface area contributed by atoms with Crippen LogP contribution in [0.2, 0.25) is 0 Å². The maximum atomic E-state index is 12.5. The monoisotopic (exact) mass is 298 g/mol. The fourth-order valence-corrected chi connectivity index (χ4v) is 2.62. The minimum Gasteiger partial charge on any atom is -0.322 e. The molecule has 5 heteroatoms. The molecule has 2 aromatic rings. The van der Waals surface area contributed by atoms with Crippen LogP contribution in [0.15, 0.2) is 30.3 Å². The van der Waals surface area contributed by atoms with Crippen LogP contribution in [0.1, 0.15) is 32.6 Å². The van der Waals surface area contributed by atoms with Gasteiger partial charge < -0.3 is 5.32 Å². The molecule has 0 aliphatic heterocycles. The number of rotatable bonds is 3. The SMILES string of the molecule is Cc1cc(C)c(C(=O)Nc2ccc([N+](=O)[O-])cc2C)c(C)c1. The minimum atomic E-state index is -0.452. The first kappa shape index (κ1) is 15.7. The summed E-state index contributed by atoms with van der Waals surface area (Å²) in [5.41, 5.74) is 4.82. The lowest BCUT2D eigenvalue weighted by atomic mass is 9.99. The lowest BCUT2D eigenvalue weighted by Crippen LogP contribution is -2.16. The minimum absolute atomic E-state index is 0.0122. The van der Waals surface area contributed by atoms with Gasteiger partial charge in [0.15, 0.2) is 0 Å². The van der Waals surface area contributed by atoms with Crippen LogP contribution in [0.4, 0.5) is 11.4 Å². The normalized spacial score (nSPS) is 10.4. The van der Waals surface area contributed by atoms with Gasteiger partial charge in [-0.25, -0.2) is 0 Å². The molecule has 114 valence electrons. The molecule has 0 saturated heterocycles. The second kappa shape index (κ2) is 5.97. The van der Waals surface area contributed by atoms with E-state index in [0.717, 1.165) is 16.7 Å². The summed E-state index contributed by atoms with van der Waals surface area (Å²) in [4.78, 5) is 22.8. The molecule has 2 aromatic carbocycles. The number of nitro groups is 1. The van der Waals surface area contributed by atoms with E-state index in [1.54, 1.807) is 13.0 Å². The number of hydrogen-bond donors (Lipinski definition) is 1. The summed E-state index contributed by atoms with van der Waals surface area (Å²) in [6.45, 7) is 7.52. The number of carbonyl (C=O) groups is 1. The molecule has 0 aliphatic carbocycles. The molecule has 22 heavy (non-hydrogen) atoms. The maximum absolute atomic E-state index is 12.5. The number of non-ortho nitro benzene ring substituents is 1. The van der Waals surface area contributed by atoms with Crippen molar-refractivity contribution in [2.24, 2.45) is 0 Å². The quantitative estimate of drug-likeness (QED) is 0.685. The summed E-state index contributed by atoms with van der Waals surface area (Å²) >= 11 is 0. The highest BCUT2D eigenvalue weighted by Gasteiger charge is 2.15. The Bertz CT molecular complexity index is 743. The highest BCUT2D eigenvalue weighted by Crippen LogP contribution is 2.23. The molecule has 1 amide bonds. The molecule has 0 radical (unpaired) electrons. The Morgan fingerprint density at radius 2 is 1.59 bits per heavy atom. The zero-order valence-electron chi connectivity index (χ0n) is 13.1. The van der Waals surface area contributed by atoms with E-state index in [4.69, 9.17) is 0 Å². The number of nitrogens with one attached hydrogen (secondary N) is 1. The van der Waals surface area contributed by atoms with Crippen LogP contribution in [0.25, 0.3) is 0 Å². The third kappa shape index (κ3) is 3.14. The van der Waals surface area contributed by atoms with Crippen LogP contribution in [0.3, 0.4) is 0 Å². The molecule has 0 unspecified atom stereocenters. The third-order valence-electron chi connectivity index (χ3n) is 3.57. The van der Waals surface area contributed by atoms with Gasteiger partial charge in [-0.05, 0) is 50.5 Å². The summed E-state index contributed by atoms with van der Waals surface area (Å²) < 4.78 is 0. The Balaban J connectivity index is 2.32.